The maximum Gasteiger partial charge on any atom is 0.224 e. The van der Waals surface area contributed by atoms with E-state index in [1.54, 1.807) is 12.5 Å². The number of nitrogens with zero attached hydrogens (tertiary/aromatic N) is 2. The molecule has 0 radical (unpaired) electrons. The monoisotopic (exact) mass is 229 g/mol. The highest BCUT2D eigenvalue weighted by Gasteiger charge is 2.01. The van der Waals surface area contributed by atoms with Crippen LogP contribution in [-0.2, 0) is 4.79 Å². The summed E-state index contributed by atoms with van der Waals surface area (Å²) in [4.78, 5) is 15.4. The predicted molar refractivity (Wildman–Crippen MR) is 67.1 cm³/mol. The van der Waals surface area contributed by atoms with Gasteiger partial charge in [-0.15, -0.1) is 0 Å². The molecule has 1 aromatic heterocycles. The van der Waals surface area contributed by atoms with Crippen molar-refractivity contribution in [2.45, 2.75) is 19.8 Å². The molecule has 0 saturated heterocycles. The van der Waals surface area contributed by atoms with Crippen molar-refractivity contribution in [1.82, 2.24) is 9.55 Å². The third-order valence-corrected chi connectivity index (χ3v) is 2.43. The first-order valence-corrected chi connectivity index (χ1v) is 5.68. The summed E-state index contributed by atoms with van der Waals surface area (Å²) in [6, 6.07) is 7.68. The van der Waals surface area contributed by atoms with Gasteiger partial charge in [-0.3, -0.25) is 4.79 Å². The Morgan fingerprint density at radius 3 is 2.71 bits per heavy atom. The predicted octanol–water partition coefficient (Wildman–Crippen LogP) is 2.61. The standard InChI is InChI=1S/C13H15N3O/c1-2-3-13(17)15-11-4-6-12(7-5-11)16-9-8-14-10-16/h4-10H,2-3H2,1H3,(H,15,17). The van der Waals surface area contributed by atoms with Gasteiger partial charge in [-0.05, 0) is 30.7 Å². The van der Waals surface area contributed by atoms with Gasteiger partial charge in [0.05, 0.1) is 6.33 Å². The van der Waals surface area contributed by atoms with Crippen LogP contribution in [-0.4, -0.2) is 15.5 Å². The second-order valence-electron chi connectivity index (χ2n) is 3.82. The van der Waals surface area contributed by atoms with E-state index in [4.69, 9.17) is 0 Å². The van der Waals surface area contributed by atoms with E-state index in [1.165, 1.54) is 0 Å². The number of aromatic nitrogens is 2. The largest absolute Gasteiger partial charge is 0.326 e. The van der Waals surface area contributed by atoms with Gasteiger partial charge < -0.3 is 9.88 Å². The Morgan fingerprint density at radius 1 is 1.35 bits per heavy atom. The van der Waals surface area contributed by atoms with Crippen molar-refractivity contribution < 1.29 is 4.79 Å². The van der Waals surface area contributed by atoms with Crippen LogP contribution in [0.3, 0.4) is 0 Å². The van der Waals surface area contributed by atoms with Crippen molar-refractivity contribution in [3.63, 3.8) is 0 Å². The normalized spacial score (nSPS) is 10.2. The van der Waals surface area contributed by atoms with E-state index in [2.05, 4.69) is 10.3 Å². The van der Waals surface area contributed by atoms with Gasteiger partial charge in [0.25, 0.3) is 0 Å². The summed E-state index contributed by atoms with van der Waals surface area (Å²) < 4.78 is 1.91. The highest BCUT2D eigenvalue weighted by Crippen LogP contribution is 2.13. The molecule has 4 nitrogen and oxygen atoms in total. The second kappa shape index (κ2) is 5.30. The third kappa shape index (κ3) is 2.93. The van der Waals surface area contributed by atoms with Crippen LogP contribution < -0.4 is 5.32 Å². The molecular formula is C13H15N3O. The van der Waals surface area contributed by atoms with Crippen LogP contribution in [0.2, 0.25) is 0 Å². The fourth-order valence-electron chi connectivity index (χ4n) is 1.58. The van der Waals surface area contributed by atoms with Crippen molar-refractivity contribution >= 4 is 11.6 Å². The summed E-state index contributed by atoms with van der Waals surface area (Å²) >= 11 is 0. The molecule has 1 heterocycles. The zero-order valence-corrected chi connectivity index (χ0v) is 9.76. The molecule has 1 N–H and O–H groups in total. The van der Waals surface area contributed by atoms with Crippen molar-refractivity contribution in [3.8, 4) is 5.69 Å². The van der Waals surface area contributed by atoms with Gasteiger partial charge in [-0.1, -0.05) is 6.92 Å². The molecule has 0 fully saturated rings. The van der Waals surface area contributed by atoms with Crippen LogP contribution >= 0.6 is 0 Å². The van der Waals surface area contributed by atoms with Gasteiger partial charge in [-0.25, -0.2) is 4.98 Å². The van der Waals surface area contributed by atoms with Gasteiger partial charge >= 0.3 is 0 Å². The summed E-state index contributed by atoms with van der Waals surface area (Å²) in [5.41, 5.74) is 1.85. The molecule has 0 unspecified atom stereocenters. The third-order valence-electron chi connectivity index (χ3n) is 2.43. The SMILES string of the molecule is CCCC(=O)Nc1ccc(-n2ccnc2)cc1. The second-order valence-corrected chi connectivity index (χ2v) is 3.82. The summed E-state index contributed by atoms with van der Waals surface area (Å²) in [5, 5.41) is 2.85. The first-order chi connectivity index (χ1) is 8.29. The van der Waals surface area contributed by atoms with Crippen LogP contribution in [0.5, 0.6) is 0 Å². The number of carbonyl (C=O) groups is 1. The quantitative estimate of drug-likeness (QED) is 0.876. The summed E-state index contributed by atoms with van der Waals surface area (Å²) in [6.07, 6.45) is 6.77. The number of anilines is 1. The number of rotatable bonds is 4. The van der Waals surface area contributed by atoms with Crippen molar-refractivity contribution in [2.24, 2.45) is 0 Å². The molecule has 0 bridgehead atoms. The van der Waals surface area contributed by atoms with Crippen molar-refractivity contribution in [1.29, 1.82) is 0 Å². The average molecular weight is 229 g/mol. The lowest BCUT2D eigenvalue weighted by Gasteiger charge is -2.06. The number of carbonyl (C=O) groups excluding carboxylic acids is 1. The van der Waals surface area contributed by atoms with Gasteiger partial charge in [0.1, 0.15) is 0 Å². The van der Waals surface area contributed by atoms with E-state index in [0.717, 1.165) is 17.8 Å². The van der Waals surface area contributed by atoms with E-state index in [0.29, 0.717) is 6.42 Å². The molecule has 2 rings (SSSR count). The molecule has 0 spiro atoms. The summed E-state index contributed by atoms with van der Waals surface area (Å²) in [5.74, 6) is 0.0582. The summed E-state index contributed by atoms with van der Waals surface area (Å²) in [7, 11) is 0. The Hall–Kier alpha value is -2.10. The fourth-order valence-corrected chi connectivity index (χ4v) is 1.58. The molecule has 4 heteroatoms. The van der Waals surface area contributed by atoms with Gasteiger partial charge in [0.15, 0.2) is 0 Å². The Kier molecular flexibility index (Phi) is 3.55. The number of imidazole rings is 1. The molecule has 88 valence electrons. The van der Waals surface area contributed by atoms with E-state index in [1.807, 2.05) is 42.0 Å². The molecule has 17 heavy (non-hydrogen) atoms. The lowest BCUT2D eigenvalue weighted by Crippen LogP contribution is -2.10. The van der Waals surface area contributed by atoms with Crippen molar-refractivity contribution in [2.75, 3.05) is 5.32 Å². The molecule has 1 aromatic carbocycles. The molecule has 1 amide bonds. The Labute approximate surface area is 100 Å². The van der Waals surface area contributed by atoms with Gasteiger partial charge in [0, 0.05) is 30.2 Å². The van der Waals surface area contributed by atoms with E-state index < -0.39 is 0 Å². The Balaban J connectivity index is 2.06. The first-order valence-electron chi connectivity index (χ1n) is 5.68. The number of nitrogens with one attached hydrogen (secondary N) is 1. The zero-order valence-electron chi connectivity index (χ0n) is 9.76. The summed E-state index contributed by atoms with van der Waals surface area (Å²) in [6.45, 7) is 1.99. The minimum Gasteiger partial charge on any atom is -0.326 e. The molecule has 2 aromatic rings. The molecule has 0 atom stereocenters. The van der Waals surface area contributed by atoms with Crippen LogP contribution in [0.1, 0.15) is 19.8 Å². The number of hydrogen-bond donors (Lipinski definition) is 1. The van der Waals surface area contributed by atoms with Gasteiger partial charge in [0.2, 0.25) is 5.91 Å². The smallest absolute Gasteiger partial charge is 0.224 e. The van der Waals surface area contributed by atoms with E-state index in [-0.39, 0.29) is 5.91 Å². The number of benzene rings is 1. The molecule has 0 aliphatic heterocycles. The van der Waals surface area contributed by atoms with Crippen molar-refractivity contribution in [3.05, 3.63) is 43.0 Å². The van der Waals surface area contributed by atoms with Crippen LogP contribution in [0.25, 0.3) is 5.69 Å². The fraction of sp³-hybridized carbons (Fsp3) is 0.231. The van der Waals surface area contributed by atoms with Crippen LogP contribution in [0.15, 0.2) is 43.0 Å². The van der Waals surface area contributed by atoms with Crippen LogP contribution in [0, 0.1) is 0 Å². The highest BCUT2D eigenvalue weighted by molar-refractivity contribution is 5.90. The number of hydrogen-bond acceptors (Lipinski definition) is 2. The van der Waals surface area contributed by atoms with E-state index in [9.17, 15) is 4.79 Å². The molecule has 0 saturated carbocycles. The molecule has 0 aliphatic carbocycles. The van der Waals surface area contributed by atoms with Crippen LogP contribution in [0.4, 0.5) is 5.69 Å². The maximum atomic E-state index is 11.4. The molecular weight excluding hydrogens is 214 g/mol. The average Bonchev–Trinajstić information content (AvgIpc) is 2.84. The Morgan fingerprint density at radius 2 is 2.12 bits per heavy atom. The lowest BCUT2D eigenvalue weighted by molar-refractivity contribution is -0.116. The van der Waals surface area contributed by atoms with E-state index >= 15 is 0 Å². The zero-order chi connectivity index (χ0) is 12.1. The first kappa shape index (κ1) is 11.4. The maximum absolute atomic E-state index is 11.4. The Bertz CT molecular complexity index is 474. The minimum atomic E-state index is 0.0582. The topological polar surface area (TPSA) is 46.9 Å². The minimum absolute atomic E-state index is 0.0582. The number of amides is 1. The lowest BCUT2D eigenvalue weighted by atomic mass is 10.2. The highest BCUT2D eigenvalue weighted by atomic mass is 16.1. The molecule has 0 aliphatic rings. The van der Waals surface area contributed by atoms with Gasteiger partial charge in [-0.2, -0.15) is 0 Å².